The second-order valence-electron chi connectivity index (χ2n) is 7.99. The number of carbonyl (C=O) groups excluding carboxylic acids is 2. The molecule has 0 fully saturated rings. The molecule has 38 heavy (non-hydrogen) atoms. The number of hydrogen-bond donors (Lipinski definition) is 2. The van der Waals surface area contributed by atoms with E-state index in [9.17, 15) is 22.8 Å². The number of urea groups is 1. The van der Waals surface area contributed by atoms with Gasteiger partial charge in [0.1, 0.15) is 5.69 Å². The molecular formula is C25H16ClF3N6O2S. The number of rotatable bonds is 4. The third-order valence-corrected chi connectivity index (χ3v) is 6.54. The lowest BCUT2D eigenvalue weighted by atomic mass is 10.1. The van der Waals surface area contributed by atoms with E-state index in [2.05, 4.69) is 15.5 Å². The van der Waals surface area contributed by atoms with Gasteiger partial charge in [-0.2, -0.15) is 18.3 Å². The maximum Gasteiger partial charge on any atom is 0.433 e. The number of halogens is 4. The summed E-state index contributed by atoms with van der Waals surface area (Å²) in [4.78, 5) is 28.7. The van der Waals surface area contributed by atoms with Gasteiger partial charge in [-0.05, 0) is 47.2 Å². The van der Waals surface area contributed by atoms with Crippen LogP contribution in [0.3, 0.4) is 0 Å². The summed E-state index contributed by atoms with van der Waals surface area (Å²) in [6.45, 7) is 0. The third-order valence-electron chi connectivity index (χ3n) is 5.47. The quantitative estimate of drug-likeness (QED) is 0.263. The summed E-state index contributed by atoms with van der Waals surface area (Å²) < 4.78 is 42.4. The van der Waals surface area contributed by atoms with Gasteiger partial charge in [-0.25, -0.2) is 19.5 Å². The first-order chi connectivity index (χ1) is 18.1. The summed E-state index contributed by atoms with van der Waals surface area (Å²) in [5.41, 5.74) is 7.18. The lowest BCUT2D eigenvalue weighted by Gasteiger charge is -2.20. The molecule has 5 rings (SSSR count). The van der Waals surface area contributed by atoms with Crippen molar-refractivity contribution in [1.29, 1.82) is 0 Å². The first-order valence-corrected chi connectivity index (χ1v) is 12.1. The van der Waals surface area contributed by atoms with Crippen molar-refractivity contribution >= 4 is 51.3 Å². The molecule has 3 aromatic carbocycles. The molecule has 0 spiro atoms. The van der Waals surface area contributed by atoms with Crippen molar-refractivity contribution in [2.45, 2.75) is 6.18 Å². The van der Waals surface area contributed by atoms with Gasteiger partial charge in [0.25, 0.3) is 5.91 Å². The van der Waals surface area contributed by atoms with Crippen molar-refractivity contribution in [3.05, 3.63) is 94.6 Å². The van der Waals surface area contributed by atoms with E-state index >= 15 is 0 Å². The molecule has 0 atom stereocenters. The second kappa shape index (κ2) is 9.80. The number of amides is 3. The topological polar surface area (TPSA) is 106 Å². The van der Waals surface area contributed by atoms with Crippen LogP contribution >= 0.6 is 22.9 Å². The molecule has 0 saturated carbocycles. The Bertz CT molecular complexity index is 1670. The van der Waals surface area contributed by atoms with Crippen LogP contribution in [0.25, 0.3) is 27.2 Å². The van der Waals surface area contributed by atoms with Crippen LogP contribution < -0.4 is 16.2 Å². The Morgan fingerprint density at radius 3 is 2.39 bits per heavy atom. The van der Waals surface area contributed by atoms with Crippen molar-refractivity contribution in [3.63, 3.8) is 0 Å². The summed E-state index contributed by atoms with van der Waals surface area (Å²) in [6.07, 6.45) is -4.74. The highest BCUT2D eigenvalue weighted by atomic mass is 35.5. The standard InChI is InChI=1S/C25H16ClF3N6O2S/c26-17-7-9-18(10-8-17)34(23(30)37)33-22(36)20-13-38-24(31-20)35-21(25(27,28)29)12-19(32-35)16-6-5-14-3-1-2-4-15(14)11-16/h1-13H,(H2,30,37)(H,33,36). The number of nitrogens with two attached hydrogens (primary N) is 1. The SMILES string of the molecule is NC(=O)N(NC(=O)c1csc(-n2nc(-c3ccc4ccccc4c3)cc2C(F)(F)F)n1)c1ccc(Cl)cc1. The molecular weight excluding hydrogens is 541 g/mol. The maximum absolute atomic E-state index is 13.9. The van der Waals surface area contributed by atoms with E-state index in [-0.39, 0.29) is 22.2 Å². The molecule has 5 aromatic rings. The minimum absolute atomic E-state index is 0.0897. The molecule has 0 radical (unpaired) electrons. The van der Waals surface area contributed by atoms with Crippen molar-refractivity contribution < 1.29 is 22.8 Å². The number of aromatic nitrogens is 3. The van der Waals surface area contributed by atoms with Crippen LogP contribution in [-0.4, -0.2) is 26.7 Å². The highest BCUT2D eigenvalue weighted by Gasteiger charge is 2.37. The average molecular weight is 557 g/mol. The Kier molecular flexibility index (Phi) is 6.51. The Morgan fingerprint density at radius 2 is 1.71 bits per heavy atom. The zero-order chi connectivity index (χ0) is 27.0. The van der Waals surface area contributed by atoms with Crippen molar-refractivity contribution in [1.82, 2.24) is 20.2 Å². The Hall–Kier alpha value is -4.42. The van der Waals surface area contributed by atoms with Crippen LogP contribution in [0.15, 0.2) is 78.2 Å². The predicted molar refractivity (Wildman–Crippen MR) is 138 cm³/mol. The summed E-state index contributed by atoms with van der Waals surface area (Å²) in [5, 5.41) is 8.17. The Labute approximate surface area is 222 Å². The number of carbonyl (C=O) groups is 2. The maximum atomic E-state index is 13.9. The van der Waals surface area contributed by atoms with Crippen LogP contribution in [0.5, 0.6) is 0 Å². The summed E-state index contributed by atoms with van der Waals surface area (Å²) in [6, 6.07) is 18.5. The molecule has 3 amide bonds. The van der Waals surface area contributed by atoms with Gasteiger partial charge in [-0.1, -0.05) is 48.0 Å². The van der Waals surface area contributed by atoms with Crippen LogP contribution in [0.2, 0.25) is 5.02 Å². The number of hydrazine groups is 1. The van der Waals surface area contributed by atoms with E-state index in [0.29, 0.717) is 15.3 Å². The molecule has 0 aliphatic heterocycles. The number of alkyl halides is 3. The van der Waals surface area contributed by atoms with Crippen LogP contribution in [0.4, 0.5) is 23.7 Å². The molecule has 3 N–H and O–H groups in total. The molecule has 0 saturated heterocycles. The number of nitrogens with one attached hydrogen (secondary N) is 1. The van der Waals surface area contributed by atoms with Crippen molar-refractivity contribution in [2.75, 3.05) is 5.01 Å². The molecule has 2 aromatic heterocycles. The fraction of sp³-hybridized carbons (Fsp3) is 0.0400. The van der Waals surface area contributed by atoms with Crippen molar-refractivity contribution in [3.8, 4) is 16.4 Å². The number of benzene rings is 3. The minimum atomic E-state index is -4.74. The molecule has 0 bridgehead atoms. The summed E-state index contributed by atoms with van der Waals surface area (Å²) >= 11 is 6.63. The van der Waals surface area contributed by atoms with Gasteiger partial charge in [0.05, 0.1) is 11.4 Å². The molecule has 192 valence electrons. The van der Waals surface area contributed by atoms with Gasteiger partial charge in [0.2, 0.25) is 5.13 Å². The zero-order valence-electron chi connectivity index (χ0n) is 19.1. The van der Waals surface area contributed by atoms with E-state index in [0.717, 1.165) is 33.2 Å². The Balaban J connectivity index is 1.46. The number of primary amides is 1. The second-order valence-corrected chi connectivity index (χ2v) is 9.27. The minimum Gasteiger partial charge on any atom is -0.350 e. The van der Waals surface area contributed by atoms with Gasteiger partial charge < -0.3 is 5.73 Å². The normalized spacial score (nSPS) is 11.5. The van der Waals surface area contributed by atoms with Gasteiger partial charge in [-0.3, -0.25) is 10.2 Å². The lowest BCUT2D eigenvalue weighted by Crippen LogP contribution is -2.49. The van der Waals surface area contributed by atoms with E-state index < -0.39 is 23.8 Å². The smallest absolute Gasteiger partial charge is 0.350 e. The molecule has 13 heteroatoms. The van der Waals surface area contributed by atoms with Crippen LogP contribution in [0.1, 0.15) is 16.2 Å². The number of nitrogens with zero attached hydrogens (tertiary/aromatic N) is 4. The van der Waals surface area contributed by atoms with Gasteiger partial charge in [-0.15, -0.1) is 11.3 Å². The van der Waals surface area contributed by atoms with Gasteiger partial charge in [0.15, 0.2) is 5.69 Å². The predicted octanol–water partition coefficient (Wildman–Crippen LogP) is 6.05. The first-order valence-electron chi connectivity index (χ1n) is 10.9. The molecule has 2 heterocycles. The van der Waals surface area contributed by atoms with E-state index in [1.54, 1.807) is 18.2 Å². The first kappa shape index (κ1) is 25.2. The summed E-state index contributed by atoms with van der Waals surface area (Å²) in [7, 11) is 0. The van der Waals surface area contributed by atoms with Crippen molar-refractivity contribution in [2.24, 2.45) is 5.73 Å². The number of fused-ring (bicyclic) bond motifs is 1. The largest absolute Gasteiger partial charge is 0.433 e. The summed E-state index contributed by atoms with van der Waals surface area (Å²) in [5.74, 6) is -0.864. The highest BCUT2D eigenvalue weighted by molar-refractivity contribution is 7.12. The fourth-order valence-electron chi connectivity index (χ4n) is 3.68. The number of thiazole rings is 1. The molecule has 0 aliphatic rings. The molecule has 8 nitrogen and oxygen atoms in total. The fourth-order valence-corrected chi connectivity index (χ4v) is 4.57. The van der Waals surface area contributed by atoms with Crippen LogP contribution in [0, 0.1) is 0 Å². The average Bonchev–Trinajstić information content (AvgIpc) is 3.55. The van der Waals surface area contributed by atoms with Gasteiger partial charge in [0, 0.05) is 16.0 Å². The number of hydrogen-bond acceptors (Lipinski definition) is 5. The van der Waals surface area contributed by atoms with Crippen LogP contribution in [-0.2, 0) is 6.18 Å². The third kappa shape index (κ3) is 5.04. The molecule has 0 unspecified atom stereocenters. The lowest BCUT2D eigenvalue weighted by molar-refractivity contribution is -0.142. The molecule has 0 aliphatic carbocycles. The zero-order valence-corrected chi connectivity index (χ0v) is 20.7. The van der Waals surface area contributed by atoms with E-state index in [4.69, 9.17) is 17.3 Å². The van der Waals surface area contributed by atoms with E-state index in [1.165, 1.54) is 29.6 Å². The highest BCUT2D eigenvalue weighted by Crippen LogP contribution is 2.35. The Morgan fingerprint density at radius 1 is 1.00 bits per heavy atom. The number of anilines is 1. The van der Waals surface area contributed by atoms with E-state index in [1.807, 2.05) is 24.3 Å². The van der Waals surface area contributed by atoms with Gasteiger partial charge >= 0.3 is 12.2 Å². The monoisotopic (exact) mass is 556 g/mol.